The monoisotopic (exact) mass is 488 g/mol. The van der Waals surface area contributed by atoms with Crippen LogP contribution in [0.3, 0.4) is 0 Å². The van der Waals surface area contributed by atoms with E-state index in [9.17, 15) is 0 Å². The van der Waals surface area contributed by atoms with E-state index in [1.807, 2.05) is 12.1 Å². The summed E-state index contributed by atoms with van der Waals surface area (Å²) < 4.78 is 5.31. The molecule has 0 bridgehead atoms. The predicted molar refractivity (Wildman–Crippen MR) is 157 cm³/mol. The standard InChI is InChI=1S/C35H36O2/c1-3-4-26-37-27-24-33-16-14-31(15-17-33)18-19-34-21-23-35(29(2)28-34)22-20-32-12-10-30(11-13-32)9-7-5-6-8-25-36/h10-23,28,36H,3-6,8,25-26H2,1-2H3. The number of unbranched alkanes of at least 4 members (excludes halogenated alkanes) is 3. The van der Waals surface area contributed by atoms with Gasteiger partial charge in [-0.15, -0.1) is 0 Å². The zero-order valence-electron chi connectivity index (χ0n) is 22.0. The van der Waals surface area contributed by atoms with Crippen LogP contribution in [0, 0.1) is 30.8 Å². The summed E-state index contributed by atoms with van der Waals surface area (Å²) in [6.07, 6.45) is 16.1. The summed E-state index contributed by atoms with van der Waals surface area (Å²) in [5, 5.41) is 8.82. The minimum absolute atomic E-state index is 0.239. The van der Waals surface area contributed by atoms with E-state index < -0.39 is 0 Å². The molecule has 3 aromatic rings. The number of aryl methyl sites for hydroxylation is 1. The molecule has 0 amide bonds. The second-order valence-corrected chi connectivity index (χ2v) is 8.94. The first kappa shape index (κ1) is 27.6. The Bertz CT molecular complexity index is 1290. The fourth-order valence-electron chi connectivity index (χ4n) is 3.58. The van der Waals surface area contributed by atoms with E-state index in [0.29, 0.717) is 6.61 Å². The van der Waals surface area contributed by atoms with Crippen molar-refractivity contribution in [2.24, 2.45) is 0 Å². The summed E-state index contributed by atoms with van der Waals surface area (Å²) in [5.74, 6) is 9.40. The van der Waals surface area contributed by atoms with E-state index in [-0.39, 0.29) is 6.61 Å². The molecule has 0 aliphatic heterocycles. The van der Waals surface area contributed by atoms with Crippen molar-refractivity contribution in [1.82, 2.24) is 0 Å². The van der Waals surface area contributed by atoms with Crippen molar-refractivity contribution in [3.63, 3.8) is 0 Å². The Morgan fingerprint density at radius 1 is 0.730 bits per heavy atom. The van der Waals surface area contributed by atoms with Gasteiger partial charge in [0.25, 0.3) is 0 Å². The second-order valence-electron chi connectivity index (χ2n) is 8.94. The summed E-state index contributed by atoms with van der Waals surface area (Å²) in [5.41, 5.74) is 7.87. The highest BCUT2D eigenvalue weighted by Gasteiger charge is 1.97. The van der Waals surface area contributed by atoms with E-state index in [0.717, 1.165) is 54.4 Å². The highest BCUT2D eigenvalue weighted by molar-refractivity contribution is 5.74. The molecule has 3 aromatic carbocycles. The molecule has 0 aliphatic rings. The van der Waals surface area contributed by atoms with Crippen molar-refractivity contribution >= 4 is 24.3 Å². The topological polar surface area (TPSA) is 29.5 Å². The molecule has 0 unspecified atom stereocenters. The third-order valence-corrected chi connectivity index (χ3v) is 5.85. The van der Waals surface area contributed by atoms with Crippen LogP contribution in [0.2, 0.25) is 0 Å². The molecule has 0 fully saturated rings. The third kappa shape index (κ3) is 10.3. The van der Waals surface area contributed by atoms with Gasteiger partial charge < -0.3 is 9.84 Å². The Morgan fingerprint density at radius 2 is 1.35 bits per heavy atom. The van der Waals surface area contributed by atoms with Crippen molar-refractivity contribution in [2.75, 3.05) is 13.2 Å². The molecule has 1 N–H and O–H groups in total. The van der Waals surface area contributed by atoms with Crippen molar-refractivity contribution < 1.29 is 9.84 Å². The average Bonchev–Trinajstić information content (AvgIpc) is 2.92. The largest absolute Gasteiger partial charge is 0.446 e. The quantitative estimate of drug-likeness (QED) is 0.178. The van der Waals surface area contributed by atoms with E-state index in [1.165, 1.54) is 16.7 Å². The highest BCUT2D eigenvalue weighted by atomic mass is 16.5. The molecule has 2 heteroatoms. The highest BCUT2D eigenvalue weighted by Crippen LogP contribution is 2.17. The molecule has 37 heavy (non-hydrogen) atoms. The van der Waals surface area contributed by atoms with Crippen molar-refractivity contribution in [3.05, 3.63) is 106 Å². The summed E-state index contributed by atoms with van der Waals surface area (Å²) in [4.78, 5) is 0. The summed E-state index contributed by atoms with van der Waals surface area (Å²) >= 11 is 0. The molecular weight excluding hydrogens is 452 g/mol. The molecule has 0 saturated heterocycles. The molecule has 0 heterocycles. The molecule has 0 saturated carbocycles. The molecule has 188 valence electrons. The zero-order chi connectivity index (χ0) is 26.1. The first-order chi connectivity index (χ1) is 18.2. The van der Waals surface area contributed by atoms with Crippen LogP contribution in [0.5, 0.6) is 0 Å². The third-order valence-electron chi connectivity index (χ3n) is 5.85. The number of hydrogen-bond donors (Lipinski definition) is 1. The molecule has 0 spiro atoms. The maximum absolute atomic E-state index is 8.82. The summed E-state index contributed by atoms with van der Waals surface area (Å²) in [6, 6.07) is 23.0. The first-order valence-corrected chi connectivity index (χ1v) is 13.1. The van der Waals surface area contributed by atoms with Crippen LogP contribution in [0.4, 0.5) is 0 Å². The smallest absolute Gasteiger partial charge is 0.115 e. The lowest BCUT2D eigenvalue weighted by atomic mass is 10.0. The van der Waals surface area contributed by atoms with Crippen molar-refractivity contribution in [3.8, 4) is 23.9 Å². The fourth-order valence-corrected chi connectivity index (χ4v) is 3.58. The molecule has 0 radical (unpaired) electrons. The van der Waals surface area contributed by atoms with Gasteiger partial charge in [-0.25, -0.2) is 0 Å². The van der Waals surface area contributed by atoms with Gasteiger partial charge in [0.2, 0.25) is 0 Å². The Balaban J connectivity index is 1.55. The predicted octanol–water partition coefficient (Wildman–Crippen LogP) is 7.98. The lowest BCUT2D eigenvalue weighted by Gasteiger charge is -2.03. The normalized spacial score (nSPS) is 10.7. The number of ether oxygens (including phenoxy) is 1. The molecule has 0 aromatic heterocycles. The van der Waals surface area contributed by atoms with Crippen LogP contribution < -0.4 is 0 Å². The van der Waals surface area contributed by atoms with Crippen LogP contribution in [0.15, 0.2) is 66.7 Å². The molecule has 3 rings (SSSR count). The number of aliphatic hydroxyl groups excluding tert-OH is 1. The Hall–Kier alpha value is -3.98. The average molecular weight is 489 g/mol. The van der Waals surface area contributed by atoms with Crippen LogP contribution in [0.1, 0.15) is 78.0 Å². The van der Waals surface area contributed by atoms with Gasteiger partial charge in [0.05, 0.1) is 0 Å². The van der Waals surface area contributed by atoms with Gasteiger partial charge in [0.1, 0.15) is 12.7 Å². The van der Waals surface area contributed by atoms with Gasteiger partial charge in [0, 0.05) is 24.2 Å². The minimum atomic E-state index is 0.239. The number of aliphatic hydroxyl groups is 1. The van der Waals surface area contributed by atoms with Crippen molar-refractivity contribution in [2.45, 2.75) is 46.0 Å². The van der Waals surface area contributed by atoms with Gasteiger partial charge >= 0.3 is 0 Å². The van der Waals surface area contributed by atoms with Crippen LogP contribution in [-0.4, -0.2) is 18.3 Å². The van der Waals surface area contributed by atoms with E-state index in [2.05, 4.69) is 117 Å². The fraction of sp³-hybridized carbons (Fsp3) is 0.257. The maximum Gasteiger partial charge on any atom is 0.115 e. The molecule has 0 aliphatic carbocycles. The van der Waals surface area contributed by atoms with Gasteiger partial charge in [-0.1, -0.05) is 92.0 Å². The Labute approximate surface area is 222 Å². The van der Waals surface area contributed by atoms with E-state index >= 15 is 0 Å². The van der Waals surface area contributed by atoms with Crippen LogP contribution in [-0.2, 0) is 4.74 Å². The lowest BCUT2D eigenvalue weighted by Crippen LogP contribution is -1.85. The number of hydrogen-bond acceptors (Lipinski definition) is 2. The van der Waals surface area contributed by atoms with Gasteiger partial charge in [0.15, 0.2) is 0 Å². The molecule has 2 nitrogen and oxygen atoms in total. The summed E-state index contributed by atoms with van der Waals surface area (Å²) in [7, 11) is 0. The van der Waals surface area contributed by atoms with Crippen molar-refractivity contribution in [1.29, 1.82) is 0 Å². The SMILES string of the molecule is CCCCOC#Cc1ccc(C=Cc2ccc(C=Cc3ccc(C#CCCCCO)cc3)c(C)c2)cc1. The minimum Gasteiger partial charge on any atom is -0.446 e. The maximum atomic E-state index is 8.82. The Morgan fingerprint density at radius 3 is 2.00 bits per heavy atom. The Kier molecular flexibility index (Phi) is 11.9. The van der Waals surface area contributed by atoms with Gasteiger partial charge in [-0.2, -0.15) is 0 Å². The second kappa shape index (κ2) is 15.9. The molecular formula is C35H36O2. The van der Waals surface area contributed by atoms with Gasteiger partial charge in [-0.05, 0) is 84.2 Å². The summed E-state index contributed by atoms with van der Waals surface area (Å²) in [6.45, 7) is 5.21. The lowest BCUT2D eigenvalue weighted by molar-refractivity contribution is 0.271. The zero-order valence-corrected chi connectivity index (χ0v) is 22.0. The number of rotatable bonds is 10. The van der Waals surface area contributed by atoms with Gasteiger partial charge in [-0.3, -0.25) is 0 Å². The number of benzene rings is 3. The van der Waals surface area contributed by atoms with E-state index in [4.69, 9.17) is 9.84 Å². The van der Waals surface area contributed by atoms with Crippen LogP contribution in [0.25, 0.3) is 24.3 Å². The molecule has 0 atom stereocenters. The van der Waals surface area contributed by atoms with Crippen LogP contribution >= 0.6 is 0 Å². The van der Waals surface area contributed by atoms with E-state index in [1.54, 1.807) is 0 Å². The first-order valence-electron chi connectivity index (χ1n) is 13.1.